The van der Waals surface area contributed by atoms with Gasteiger partial charge in [-0.05, 0) is 51.8 Å². The summed E-state index contributed by atoms with van der Waals surface area (Å²) in [6.45, 7) is 0. The van der Waals surface area contributed by atoms with Gasteiger partial charge in [-0.25, -0.2) is 12.7 Å². The van der Waals surface area contributed by atoms with Crippen LogP contribution in [0.15, 0.2) is 80.7 Å². The van der Waals surface area contributed by atoms with Crippen LogP contribution in [-0.2, 0) is 10.0 Å². The van der Waals surface area contributed by atoms with Gasteiger partial charge in [0, 0.05) is 24.1 Å². The topological polar surface area (TPSA) is 79.6 Å². The number of nitrogens with one attached hydrogen (secondary N) is 1. The van der Waals surface area contributed by atoms with Crippen molar-refractivity contribution in [2.75, 3.05) is 14.1 Å². The fourth-order valence-electron chi connectivity index (χ4n) is 2.67. The first-order valence-corrected chi connectivity index (χ1v) is 10.7. The molecule has 146 valence electrons. The number of benzene rings is 2. The van der Waals surface area contributed by atoms with Gasteiger partial charge >= 0.3 is 0 Å². The lowest BCUT2D eigenvalue weighted by Crippen LogP contribution is -2.29. The summed E-state index contributed by atoms with van der Waals surface area (Å²) in [6, 6.07) is 16.9. The second kappa shape index (κ2) is 8.30. The van der Waals surface area contributed by atoms with E-state index in [0.717, 1.165) is 9.87 Å². The second-order valence-electron chi connectivity index (χ2n) is 6.27. The molecule has 8 heteroatoms. The van der Waals surface area contributed by atoms with Crippen LogP contribution in [0.1, 0.15) is 27.7 Å². The molecule has 0 fully saturated rings. The van der Waals surface area contributed by atoms with Crippen molar-refractivity contribution in [1.29, 1.82) is 0 Å². The first-order chi connectivity index (χ1) is 13.3. The molecule has 1 aromatic heterocycles. The minimum atomic E-state index is -3.70. The third-order valence-corrected chi connectivity index (χ3v) is 7.00. The Morgan fingerprint density at radius 2 is 1.79 bits per heavy atom. The lowest BCUT2D eigenvalue weighted by atomic mass is 10.0. The highest BCUT2D eigenvalue weighted by atomic mass is 79.9. The Balaban J connectivity index is 1.95. The van der Waals surface area contributed by atoms with Crippen LogP contribution in [0.3, 0.4) is 0 Å². The number of rotatable bonds is 6. The average Bonchev–Trinajstić information content (AvgIpc) is 3.21. The van der Waals surface area contributed by atoms with Crippen molar-refractivity contribution in [2.45, 2.75) is 10.9 Å². The number of carbonyl (C=O) groups is 1. The molecule has 0 saturated heterocycles. The van der Waals surface area contributed by atoms with Gasteiger partial charge in [0.25, 0.3) is 5.91 Å². The zero-order valence-electron chi connectivity index (χ0n) is 15.3. The molecule has 28 heavy (non-hydrogen) atoms. The van der Waals surface area contributed by atoms with Crippen LogP contribution in [0.2, 0.25) is 0 Å². The zero-order chi connectivity index (χ0) is 20.3. The van der Waals surface area contributed by atoms with E-state index >= 15 is 0 Å². The molecule has 3 rings (SSSR count). The summed E-state index contributed by atoms with van der Waals surface area (Å²) in [6.07, 6.45) is 1.54. The molecule has 1 N–H and O–H groups in total. The van der Waals surface area contributed by atoms with Gasteiger partial charge in [-0.1, -0.05) is 30.3 Å². The maximum atomic E-state index is 12.9. The van der Waals surface area contributed by atoms with Crippen LogP contribution in [0, 0.1) is 0 Å². The van der Waals surface area contributed by atoms with E-state index in [9.17, 15) is 13.2 Å². The van der Waals surface area contributed by atoms with Crippen LogP contribution in [-0.4, -0.2) is 32.7 Å². The van der Waals surface area contributed by atoms with E-state index < -0.39 is 22.0 Å². The normalized spacial score (nSPS) is 12.7. The van der Waals surface area contributed by atoms with E-state index in [-0.39, 0.29) is 10.5 Å². The number of halogens is 1. The van der Waals surface area contributed by atoms with Crippen molar-refractivity contribution in [1.82, 2.24) is 9.62 Å². The quantitative estimate of drug-likeness (QED) is 0.603. The van der Waals surface area contributed by atoms with Gasteiger partial charge in [0.1, 0.15) is 11.8 Å². The van der Waals surface area contributed by atoms with Crippen LogP contribution in [0.25, 0.3) is 0 Å². The summed E-state index contributed by atoms with van der Waals surface area (Å²) < 4.78 is 32.0. The molecular formula is C20H19BrN2O4S. The van der Waals surface area contributed by atoms with Crippen LogP contribution >= 0.6 is 15.9 Å². The van der Waals surface area contributed by atoms with Crippen molar-refractivity contribution in [2.24, 2.45) is 0 Å². The average molecular weight is 463 g/mol. The van der Waals surface area contributed by atoms with Crippen molar-refractivity contribution in [3.63, 3.8) is 0 Å². The van der Waals surface area contributed by atoms with Gasteiger partial charge in [0.05, 0.1) is 11.2 Å². The van der Waals surface area contributed by atoms with E-state index in [1.165, 1.54) is 20.2 Å². The van der Waals surface area contributed by atoms with E-state index in [0.29, 0.717) is 10.2 Å². The van der Waals surface area contributed by atoms with Crippen molar-refractivity contribution in [3.8, 4) is 0 Å². The fourth-order valence-corrected chi connectivity index (χ4v) is 4.52. The summed E-state index contributed by atoms with van der Waals surface area (Å²) in [5, 5.41) is 2.92. The lowest BCUT2D eigenvalue weighted by Gasteiger charge is -2.18. The predicted molar refractivity (Wildman–Crippen MR) is 109 cm³/mol. The Morgan fingerprint density at radius 1 is 1.07 bits per heavy atom. The predicted octanol–water partition coefficient (Wildman–Crippen LogP) is 3.81. The van der Waals surface area contributed by atoms with Crippen molar-refractivity contribution < 1.29 is 17.6 Å². The largest absolute Gasteiger partial charge is 0.467 e. The van der Waals surface area contributed by atoms with Gasteiger partial charge < -0.3 is 9.73 Å². The summed E-state index contributed by atoms with van der Waals surface area (Å²) in [4.78, 5) is 12.9. The van der Waals surface area contributed by atoms with Crippen LogP contribution < -0.4 is 5.32 Å². The van der Waals surface area contributed by atoms with E-state index in [1.807, 2.05) is 30.3 Å². The molecule has 6 nitrogen and oxygen atoms in total. The van der Waals surface area contributed by atoms with E-state index in [2.05, 4.69) is 21.2 Å². The van der Waals surface area contributed by atoms with Gasteiger partial charge in [-0.15, -0.1) is 0 Å². The summed E-state index contributed by atoms with van der Waals surface area (Å²) in [7, 11) is -0.817. The number of amides is 1. The molecule has 1 atom stereocenters. The van der Waals surface area contributed by atoms with Gasteiger partial charge in [-0.2, -0.15) is 0 Å². The molecule has 2 aromatic carbocycles. The number of furan rings is 1. The van der Waals surface area contributed by atoms with Gasteiger partial charge in [-0.3, -0.25) is 4.79 Å². The number of hydrogen-bond donors (Lipinski definition) is 1. The van der Waals surface area contributed by atoms with E-state index in [4.69, 9.17) is 4.42 Å². The fraction of sp³-hybridized carbons (Fsp3) is 0.150. The molecule has 3 aromatic rings. The molecule has 1 heterocycles. The third kappa shape index (κ3) is 4.19. The molecule has 1 amide bonds. The van der Waals surface area contributed by atoms with Crippen LogP contribution in [0.5, 0.6) is 0 Å². The highest BCUT2D eigenvalue weighted by molar-refractivity contribution is 9.10. The summed E-state index contributed by atoms with van der Waals surface area (Å²) in [5.41, 5.74) is 1.08. The van der Waals surface area contributed by atoms with Gasteiger partial charge in [0.2, 0.25) is 10.0 Å². The number of nitrogens with zero attached hydrogens (tertiary/aromatic N) is 1. The Hall–Kier alpha value is -2.42. The second-order valence-corrected chi connectivity index (χ2v) is 9.24. The first kappa shape index (κ1) is 20.3. The Kier molecular flexibility index (Phi) is 6.02. The molecular weight excluding hydrogens is 444 g/mol. The Labute approximate surface area is 172 Å². The Bertz CT molecular complexity index is 1060. The monoisotopic (exact) mass is 462 g/mol. The standard InChI is InChI=1S/C20H19BrN2O4S/c1-23(2)28(25,26)18-13-15(10-11-16(18)21)20(24)22-19(17-9-6-12-27-17)14-7-4-3-5-8-14/h3-13,19H,1-2H3,(H,22,24). The molecule has 1 unspecified atom stereocenters. The number of sulfonamides is 1. The Morgan fingerprint density at radius 3 is 2.39 bits per heavy atom. The highest BCUT2D eigenvalue weighted by Crippen LogP contribution is 2.27. The summed E-state index contributed by atoms with van der Waals surface area (Å²) in [5.74, 6) is 0.172. The smallest absolute Gasteiger partial charge is 0.252 e. The minimum Gasteiger partial charge on any atom is -0.467 e. The van der Waals surface area contributed by atoms with Gasteiger partial charge in [0.15, 0.2) is 0 Å². The van der Waals surface area contributed by atoms with Crippen molar-refractivity contribution >= 4 is 31.9 Å². The molecule has 0 aliphatic carbocycles. The third-order valence-electron chi connectivity index (χ3n) is 4.19. The van der Waals surface area contributed by atoms with Crippen LogP contribution in [0.4, 0.5) is 0 Å². The lowest BCUT2D eigenvalue weighted by molar-refractivity contribution is 0.0938. The molecule has 0 bridgehead atoms. The first-order valence-electron chi connectivity index (χ1n) is 8.42. The molecule has 0 aliphatic heterocycles. The summed E-state index contributed by atoms with van der Waals surface area (Å²) >= 11 is 3.25. The SMILES string of the molecule is CN(C)S(=O)(=O)c1cc(C(=O)NC(c2ccccc2)c2ccco2)ccc1Br. The maximum absolute atomic E-state index is 12.9. The van der Waals surface area contributed by atoms with Crippen molar-refractivity contribution in [3.05, 3.63) is 88.3 Å². The number of hydrogen-bond acceptors (Lipinski definition) is 4. The zero-order valence-corrected chi connectivity index (χ0v) is 17.7. The van der Waals surface area contributed by atoms with E-state index in [1.54, 1.807) is 30.5 Å². The molecule has 0 spiro atoms. The highest BCUT2D eigenvalue weighted by Gasteiger charge is 2.24. The number of carbonyl (C=O) groups excluding carboxylic acids is 1. The maximum Gasteiger partial charge on any atom is 0.252 e. The minimum absolute atomic E-state index is 0.0272. The molecule has 0 radical (unpaired) electrons. The molecule has 0 aliphatic rings. The molecule has 0 saturated carbocycles.